The molecule has 16 heteroatoms. The van der Waals surface area contributed by atoms with Crippen LogP contribution in [0.4, 0.5) is 0 Å². The Morgan fingerprint density at radius 1 is 0.887 bits per heavy atom. The number of ether oxygens (including phenoxy) is 5. The highest BCUT2D eigenvalue weighted by Gasteiger charge is 2.58. The van der Waals surface area contributed by atoms with Gasteiger partial charge in [0.25, 0.3) is 11.7 Å². The summed E-state index contributed by atoms with van der Waals surface area (Å²) >= 11 is 0. The fourth-order valence-corrected chi connectivity index (χ4v) is 17.9. The topological polar surface area (TPSA) is 173 Å². The molecule has 1 N–H and O–H groups in total. The van der Waals surface area contributed by atoms with Crippen LogP contribution in [0.15, 0.2) is 53.6 Å². The predicted octanol–water partition coefficient (Wildman–Crippen LogP) is 12.4. The number of aliphatic hydroxyl groups is 1. The predicted molar refractivity (Wildman–Crippen MR) is 318 cm³/mol. The van der Waals surface area contributed by atoms with E-state index in [1.54, 1.807) is 28.3 Å². The zero-order chi connectivity index (χ0) is 59.5. The summed E-state index contributed by atoms with van der Waals surface area (Å²) in [7, 11) is 1.14. The Kier molecular flexibility index (Phi) is 25.0. The van der Waals surface area contributed by atoms with Crippen molar-refractivity contribution < 1.29 is 61.6 Å². The number of carbonyl (C=O) groups is 5. The molecule has 5 rings (SSSR count). The summed E-state index contributed by atoms with van der Waals surface area (Å²) in [5.74, 6) is -7.21. The van der Waals surface area contributed by atoms with Crippen LogP contribution in [0.1, 0.15) is 177 Å². The molecule has 1 radical (unpaired) electrons. The molecular weight excluding hydrogens is 1050 g/mol. The van der Waals surface area contributed by atoms with Gasteiger partial charge >= 0.3 is 5.97 Å². The summed E-state index contributed by atoms with van der Waals surface area (Å²) < 4.78 is 45.9. The van der Waals surface area contributed by atoms with Crippen LogP contribution in [0.5, 0.6) is 0 Å². The van der Waals surface area contributed by atoms with Crippen molar-refractivity contribution in [1.29, 1.82) is 0 Å². The second-order valence-electron chi connectivity index (χ2n) is 25.7. The zero-order valence-electron chi connectivity index (χ0n) is 52.2. The molecule has 451 valence electrons. The lowest BCUT2D eigenvalue weighted by atomic mass is 9.67. The number of carbonyl (C=O) groups excluding carboxylic acids is 5. The van der Waals surface area contributed by atoms with E-state index in [1.807, 2.05) is 57.3 Å². The van der Waals surface area contributed by atoms with Crippen molar-refractivity contribution >= 4 is 46.6 Å². The van der Waals surface area contributed by atoms with E-state index in [-0.39, 0.29) is 60.6 Å². The van der Waals surface area contributed by atoms with Crippen molar-refractivity contribution in [2.45, 2.75) is 252 Å². The van der Waals surface area contributed by atoms with Gasteiger partial charge in [0.15, 0.2) is 14.1 Å². The van der Waals surface area contributed by atoms with Gasteiger partial charge < -0.3 is 37.6 Å². The van der Waals surface area contributed by atoms with Crippen molar-refractivity contribution in [2.75, 3.05) is 21.3 Å². The second-order valence-corrected chi connectivity index (χ2v) is 32.5. The highest BCUT2D eigenvalue weighted by molar-refractivity contribution is 6.73. The summed E-state index contributed by atoms with van der Waals surface area (Å²) in [5, 5.41) is 12.6. The molecule has 3 heterocycles. The highest BCUT2D eigenvalue weighted by Crippen LogP contribution is 2.47. The minimum Gasteiger partial charge on any atom is -0.456 e. The monoisotopic (exact) mass is 1150 g/mol. The number of cyclic esters (lactones) is 1. The molecule has 15 unspecified atom stereocenters. The van der Waals surface area contributed by atoms with Gasteiger partial charge in [-0.05, 0) is 144 Å². The molecule has 0 aromatic heterocycles. The smallest absolute Gasteiger partial charge is 0.329 e. The van der Waals surface area contributed by atoms with Gasteiger partial charge in [0.1, 0.15) is 30.3 Å². The van der Waals surface area contributed by atoms with E-state index < -0.39 is 100 Å². The quantitative estimate of drug-likeness (QED) is 0.0514. The van der Waals surface area contributed by atoms with Gasteiger partial charge in [0.05, 0.1) is 23.9 Å². The molecule has 1 saturated carbocycles. The lowest BCUT2D eigenvalue weighted by Crippen LogP contribution is -2.66. The van der Waals surface area contributed by atoms with Crippen LogP contribution in [-0.2, 0) is 51.7 Å². The number of methoxy groups -OCH3 is 3. The van der Waals surface area contributed by atoms with Gasteiger partial charge in [0, 0.05) is 57.5 Å². The summed E-state index contributed by atoms with van der Waals surface area (Å²) in [6, 6.07) is 11.0. The SMILES string of the molecule is CCC1C=C(C)CC(C)CC(OC)C2OC(O)(C(=O)C(=O)N3C(O[Si](C)C)CCCC3C(=O)OC(C(C)=CC3CCC(CCC(=O)c4ccccc4)(O[Si](CC)(CC)CC)C(OC)C3)C(C)C(C(C)(C)C)CC1=O)C(C)CC2OC. The van der Waals surface area contributed by atoms with Crippen molar-refractivity contribution in [3.63, 3.8) is 0 Å². The third kappa shape index (κ3) is 16.2. The van der Waals surface area contributed by atoms with Crippen LogP contribution >= 0.6 is 0 Å². The number of ketones is 3. The molecule has 1 aromatic carbocycles. The maximum atomic E-state index is 15.5. The minimum absolute atomic E-state index is 0.0246. The number of allylic oxidation sites excluding steroid dienone is 3. The van der Waals surface area contributed by atoms with Crippen molar-refractivity contribution in [1.82, 2.24) is 4.90 Å². The number of fused-ring (bicyclic) bond motifs is 3. The number of esters is 1. The summed E-state index contributed by atoms with van der Waals surface area (Å²) in [6.07, 6.45) is 6.21. The zero-order valence-corrected chi connectivity index (χ0v) is 54.2. The average Bonchev–Trinajstić information content (AvgIpc) is 3.43. The molecule has 1 aliphatic carbocycles. The number of amides is 1. The van der Waals surface area contributed by atoms with Gasteiger partial charge in [-0.25, -0.2) is 4.79 Å². The number of rotatable bonds is 17. The highest BCUT2D eigenvalue weighted by atomic mass is 28.4. The number of Topliss-reactive ketones (excluding diaryl/α,β-unsaturated/α-hetero) is 3. The Morgan fingerprint density at radius 3 is 2.10 bits per heavy atom. The number of benzene rings is 1. The summed E-state index contributed by atoms with van der Waals surface area (Å²) in [4.78, 5) is 75.6. The van der Waals surface area contributed by atoms with Crippen molar-refractivity contribution in [3.8, 4) is 0 Å². The molecule has 80 heavy (non-hydrogen) atoms. The van der Waals surface area contributed by atoms with Crippen molar-refractivity contribution in [2.24, 2.45) is 40.9 Å². The lowest BCUT2D eigenvalue weighted by Gasteiger charge is -2.50. The number of piperidine rings is 1. The molecular formula is C64H104NO13Si2. The van der Waals surface area contributed by atoms with E-state index >= 15 is 14.4 Å². The average molecular weight is 1150 g/mol. The first-order valence-corrected chi connectivity index (χ1v) is 35.3. The first-order chi connectivity index (χ1) is 37.7. The Balaban J connectivity index is 1.64. The normalized spacial score (nSPS) is 34.3. The van der Waals surface area contributed by atoms with E-state index in [1.165, 1.54) is 4.90 Å². The van der Waals surface area contributed by atoms with Crippen LogP contribution in [0.3, 0.4) is 0 Å². The van der Waals surface area contributed by atoms with Gasteiger partial charge in [-0.3, -0.25) is 24.1 Å². The Labute approximate surface area is 484 Å². The van der Waals surface area contributed by atoms with Crippen LogP contribution in [0, 0.1) is 40.9 Å². The molecule has 15 atom stereocenters. The van der Waals surface area contributed by atoms with Crippen LogP contribution in [0.2, 0.25) is 31.2 Å². The Hall–Kier alpha value is -3.20. The molecule has 3 fully saturated rings. The van der Waals surface area contributed by atoms with E-state index in [0.717, 1.165) is 35.7 Å². The van der Waals surface area contributed by atoms with Gasteiger partial charge in [-0.2, -0.15) is 0 Å². The minimum atomic E-state index is -2.58. The van der Waals surface area contributed by atoms with Crippen LogP contribution in [0.25, 0.3) is 0 Å². The van der Waals surface area contributed by atoms with Crippen LogP contribution in [-0.4, -0.2) is 132 Å². The molecule has 2 bridgehead atoms. The largest absolute Gasteiger partial charge is 0.456 e. The molecule has 14 nitrogen and oxygen atoms in total. The van der Waals surface area contributed by atoms with Gasteiger partial charge in [-0.1, -0.05) is 117 Å². The maximum absolute atomic E-state index is 15.5. The maximum Gasteiger partial charge on any atom is 0.329 e. The third-order valence-electron chi connectivity index (χ3n) is 18.9. The van der Waals surface area contributed by atoms with E-state index in [0.29, 0.717) is 63.4 Å². The van der Waals surface area contributed by atoms with Gasteiger partial charge in [-0.15, -0.1) is 0 Å². The second kappa shape index (κ2) is 29.6. The van der Waals surface area contributed by atoms with Crippen molar-refractivity contribution in [3.05, 3.63) is 59.2 Å². The molecule has 1 aromatic rings. The first kappa shape index (κ1) is 67.6. The number of nitrogens with zero attached hydrogens (tertiary/aromatic N) is 1. The first-order valence-electron chi connectivity index (χ1n) is 30.4. The van der Waals surface area contributed by atoms with E-state index in [4.69, 9.17) is 32.5 Å². The Bertz CT molecular complexity index is 2270. The molecule has 3 aliphatic heterocycles. The third-order valence-corrected chi connectivity index (χ3v) is 24.4. The lowest BCUT2D eigenvalue weighted by molar-refractivity contribution is -0.302. The fraction of sp³-hybridized carbons (Fsp3) is 0.766. The Morgan fingerprint density at radius 2 is 1.52 bits per heavy atom. The van der Waals surface area contributed by atoms with E-state index in [9.17, 15) is 14.7 Å². The van der Waals surface area contributed by atoms with Gasteiger partial charge in [0.2, 0.25) is 14.8 Å². The summed E-state index contributed by atoms with van der Waals surface area (Å²) in [5.41, 5.74) is 1.45. The molecule has 4 aliphatic rings. The molecule has 1 amide bonds. The van der Waals surface area contributed by atoms with Crippen LogP contribution < -0.4 is 0 Å². The standard InChI is InChI=1S/C64H104NO13Si2/c1-18-47-35-41(5)34-42(6)36-53(72-13)58-54(73-14)38-44(8)64(71,76-58)59(68)60(69)65-50(28-25-29-56(65)77-79(16)17)61(70)75-57(45(9)49(40-52(47)67)62(10,11)12)43(7)37-46-30-32-63(55(39-46)74-15,78-80(19-2,20-3)21-4)33-31-51(66)48-26-23-22-24-27-48/h22-24,26-27,35,37,42,44-47,49-50,53-58,71H,18-21,25,28-34,36,38-40H2,1-17H3. The molecule has 0 spiro atoms. The molecule has 2 saturated heterocycles. The summed E-state index contributed by atoms with van der Waals surface area (Å²) in [6.45, 7) is 28.9. The number of hydrogen-bond donors (Lipinski definition) is 1. The fourth-order valence-electron chi connectivity index (χ4n) is 14.0. The van der Waals surface area contributed by atoms with E-state index in [2.05, 4.69) is 74.5 Å². The number of hydrogen-bond acceptors (Lipinski definition) is 13.